The first kappa shape index (κ1) is 24.1. The standard InChI is InChI=1S/C24H32F3N3.ClH/c25-24(26,27)20-13-7-12-19(14-20)21-16-29-23(30-21)22(18-10-5-2-6-11-18)28-15-17-8-3-1-4-9-17;/h7,12-14,16-18,22,28H,1-6,8-11,15H2,(H,29,30);1H/t22-;/m0./s1. The number of benzene rings is 1. The molecule has 0 saturated heterocycles. The predicted octanol–water partition coefficient (Wildman–Crippen LogP) is 7.31. The fourth-order valence-electron chi connectivity index (χ4n) is 5.14. The maximum atomic E-state index is 13.1. The van der Waals surface area contributed by atoms with Gasteiger partial charge in [0.25, 0.3) is 0 Å². The minimum absolute atomic E-state index is 0. The van der Waals surface area contributed by atoms with E-state index in [1.807, 2.05) is 0 Å². The average molecular weight is 456 g/mol. The lowest BCUT2D eigenvalue weighted by molar-refractivity contribution is -0.137. The van der Waals surface area contributed by atoms with Gasteiger partial charge in [-0.1, -0.05) is 50.7 Å². The van der Waals surface area contributed by atoms with E-state index in [9.17, 15) is 13.2 Å². The van der Waals surface area contributed by atoms with E-state index in [4.69, 9.17) is 0 Å². The molecule has 0 aliphatic heterocycles. The van der Waals surface area contributed by atoms with Crippen LogP contribution in [-0.4, -0.2) is 16.5 Å². The summed E-state index contributed by atoms with van der Waals surface area (Å²) in [5, 5.41) is 3.80. The lowest BCUT2D eigenvalue weighted by atomic mass is 9.83. The molecule has 2 fully saturated rings. The van der Waals surface area contributed by atoms with E-state index in [1.54, 1.807) is 12.3 Å². The van der Waals surface area contributed by atoms with Crippen molar-refractivity contribution in [1.29, 1.82) is 0 Å². The highest BCUT2D eigenvalue weighted by molar-refractivity contribution is 5.85. The molecule has 7 heteroatoms. The van der Waals surface area contributed by atoms with Crippen molar-refractivity contribution in [3.05, 3.63) is 41.9 Å². The summed E-state index contributed by atoms with van der Waals surface area (Å²) < 4.78 is 39.3. The maximum absolute atomic E-state index is 13.1. The molecule has 2 aliphatic rings. The topological polar surface area (TPSA) is 40.7 Å². The van der Waals surface area contributed by atoms with Crippen LogP contribution in [0.1, 0.15) is 81.6 Å². The van der Waals surface area contributed by atoms with Crippen LogP contribution in [0.2, 0.25) is 0 Å². The van der Waals surface area contributed by atoms with Crippen molar-refractivity contribution < 1.29 is 13.2 Å². The number of rotatable bonds is 6. The molecule has 4 rings (SSSR count). The number of nitrogens with zero attached hydrogens (tertiary/aromatic N) is 1. The Hall–Kier alpha value is -1.53. The number of hydrogen-bond acceptors (Lipinski definition) is 2. The van der Waals surface area contributed by atoms with Gasteiger partial charge in [-0.05, 0) is 56.2 Å². The molecule has 1 heterocycles. The molecule has 0 radical (unpaired) electrons. The Morgan fingerprint density at radius 1 is 1.00 bits per heavy atom. The second-order valence-corrected chi connectivity index (χ2v) is 9.05. The Labute approximate surface area is 189 Å². The molecule has 1 aromatic heterocycles. The lowest BCUT2D eigenvalue weighted by Gasteiger charge is -2.32. The normalized spacial score (nSPS) is 19.7. The summed E-state index contributed by atoms with van der Waals surface area (Å²) in [7, 11) is 0. The molecule has 2 aromatic rings. The summed E-state index contributed by atoms with van der Waals surface area (Å²) in [6, 6.07) is 5.61. The highest BCUT2D eigenvalue weighted by Crippen LogP contribution is 2.36. The maximum Gasteiger partial charge on any atom is 0.416 e. The summed E-state index contributed by atoms with van der Waals surface area (Å²) in [6.45, 7) is 1.00. The second kappa shape index (κ2) is 10.9. The Balaban J connectivity index is 0.00000272. The highest BCUT2D eigenvalue weighted by Gasteiger charge is 2.31. The molecular formula is C24H33ClF3N3. The molecule has 2 aliphatic carbocycles. The van der Waals surface area contributed by atoms with Crippen LogP contribution >= 0.6 is 12.4 Å². The Morgan fingerprint density at radius 3 is 2.35 bits per heavy atom. The van der Waals surface area contributed by atoms with E-state index < -0.39 is 11.7 Å². The largest absolute Gasteiger partial charge is 0.416 e. The molecule has 172 valence electrons. The SMILES string of the molecule is Cl.FC(F)(F)c1cccc(-c2cnc([C@@H](NCC3CCCCC3)C3CCCCC3)[nH]2)c1. The van der Waals surface area contributed by atoms with Crippen LogP contribution in [0, 0.1) is 11.8 Å². The van der Waals surface area contributed by atoms with Gasteiger partial charge in [0.05, 0.1) is 23.5 Å². The molecule has 2 saturated carbocycles. The molecule has 1 atom stereocenters. The van der Waals surface area contributed by atoms with Crippen molar-refractivity contribution in [1.82, 2.24) is 15.3 Å². The van der Waals surface area contributed by atoms with E-state index in [2.05, 4.69) is 15.3 Å². The first-order valence-corrected chi connectivity index (χ1v) is 11.5. The molecule has 0 spiro atoms. The van der Waals surface area contributed by atoms with Gasteiger partial charge in [0, 0.05) is 5.56 Å². The first-order chi connectivity index (χ1) is 14.5. The number of hydrogen-bond donors (Lipinski definition) is 2. The highest BCUT2D eigenvalue weighted by atomic mass is 35.5. The van der Waals surface area contributed by atoms with Crippen molar-refractivity contribution in [2.45, 2.75) is 76.4 Å². The van der Waals surface area contributed by atoms with Crippen LogP contribution in [-0.2, 0) is 6.18 Å². The predicted molar refractivity (Wildman–Crippen MR) is 120 cm³/mol. The Kier molecular flexibility index (Phi) is 8.45. The zero-order valence-electron chi connectivity index (χ0n) is 17.9. The van der Waals surface area contributed by atoms with E-state index in [-0.39, 0.29) is 18.4 Å². The number of aromatic nitrogens is 2. The van der Waals surface area contributed by atoms with Gasteiger partial charge in [0.1, 0.15) is 5.82 Å². The lowest BCUT2D eigenvalue weighted by Crippen LogP contribution is -2.34. The van der Waals surface area contributed by atoms with Crippen LogP contribution < -0.4 is 5.32 Å². The molecule has 0 amide bonds. The van der Waals surface area contributed by atoms with Crippen molar-refractivity contribution in [2.75, 3.05) is 6.54 Å². The number of imidazole rings is 1. The molecule has 0 unspecified atom stereocenters. The van der Waals surface area contributed by atoms with Gasteiger partial charge < -0.3 is 10.3 Å². The van der Waals surface area contributed by atoms with Crippen molar-refractivity contribution in [2.24, 2.45) is 11.8 Å². The monoisotopic (exact) mass is 455 g/mol. The summed E-state index contributed by atoms with van der Waals surface area (Å²) in [5.41, 5.74) is 0.546. The molecule has 3 nitrogen and oxygen atoms in total. The Morgan fingerprint density at radius 2 is 1.68 bits per heavy atom. The number of alkyl halides is 3. The summed E-state index contributed by atoms with van der Waals surface area (Å²) in [4.78, 5) is 7.98. The summed E-state index contributed by atoms with van der Waals surface area (Å²) in [6.07, 6.45) is 10.1. The summed E-state index contributed by atoms with van der Waals surface area (Å²) in [5.74, 6) is 2.12. The summed E-state index contributed by atoms with van der Waals surface area (Å²) >= 11 is 0. The van der Waals surface area contributed by atoms with Crippen LogP contribution in [0.25, 0.3) is 11.3 Å². The third kappa shape index (κ3) is 6.26. The van der Waals surface area contributed by atoms with Crippen LogP contribution in [0.15, 0.2) is 30.5 Å². The van der Waals surface area contributed by atoms with Gasteiger partial charge in [-0.2, -0.15) is 13.2 Å². The quantitative estimate of drug-likeness (QED) is 0.479. The van der Waals surface area contributed by atoms with Gasteiger partial charge in [-0.3, -0.25) is 0 Å². The fourth-order valence-corrected chi connectivity index (χ4v) is 5.14. The molecular weight excluding hydrogens is 423 g/mol. The third-order valence-corrected chi connectivity index (χ3v) is 6.86. The minimum Gasteiger partial charge on any atom is -0.341 e. The Bertz CT molecular complexity index is 808. The number of H-pyrrole nitrogens is 1. The third-order valence-electron chi connectivity index (χ3n) is 6.86. The molecule has 1 aromatic carbocycles. The fraction of sp³-hybridized carbons (Fsp3) is 0.625. The van der Waals surface area contributed by atoms with E-state index >= 15 is 0 Å². The van der Waals surface area contributed by atoms with Gasteiger partial charge in [-0.25, -0.2) is 4.98 Å². The zero-order chi connectivity index (χ0) is 21.0. The first-order valence-electron chi connectivity index (χ1n) is 11.5. The molecule has 2 N–H and O–H groups in total. The van der Waals surface area contributed by atoms with Gasteiger partial charge in [-0.15, -0.1) is 12.4 Å². The molecule has 0 bridgehead atoms. The van der Waals surface area contributed by atoms with E-state index in [0.29, 0.717) is 17.2 Å². The number of nitrogens with one attached hydrogen (secondary N) is 2. The van der Waals surface area contributed by atoms with Crippen molar-refractivity contribution in [3.63, 3.8) is 0 Å². The zero-order valence-corrected chi connectivity index (χ0v) is 18.7. The van der Waals surface area contributed by atoms with Gasteiger partial charge >= 0.3 is 6.18 Å². The number of aromatic amines is 1. The van der Waals surface area contributed by atoms with Crippen LogP contribution in [0.5, 0.6) is 0 Å². The van der Waals surface area contributed by atoms with Gasteiger partial charge in [0.15, 0.2) is 0 Å². The van der Waals surface area contributed by atoms with Gasteiger partial charge in [0.2, 0.25) is 0 Å². The van der Waals surface area contributed by atoms with Crippen LogP contribution in [0.4, 0.5) is 13.2 Å². The number of halogens is 4. The van der Waals surface area contributed by atoms with Crippen molar-refractivity contribution in [3.8, 4) is 11.3 Å². The molecule has 31 heavy (non-hydrogen) atoms. The van der Waals surface area contributed by atoms with Crippen LogP contribution in [0.3, 0.4) is 0 Å². The second-order valence-electron chi connectivity index (χ2n) is 9.05. The van der Waals surface area contributed by atoms with Crippen molar-refractivity contribution >= 4 is 12.4 Å². The minimum atomic E-state index is -4.34. The smallest absolute Gasteiger partial charge is 0.341 e. The van der Waals surface area contributed by atoms with E-state index in [1.165, 1.54) is 76.3 Å². The van der Waals surface area contributed by atoms with E-state index in [0.717, 1.165) is 24.4 Å². The average Bonchev–Trinajstić information content (AvgIpc) is 3.25.